The molecule has 25 heavy (non-hydrogen) atoms. The van der Waals surface area contributed by atoms with Crippen molar-refractivity contribution in [1.29, 1.82) is 0 Å². The summed E-state index contributed by atoms with van der Waals surface area (Å²) >= 11 is 6.09. The summed E-state index contributed by atoms with van der Waals surface area (Å²) in [6, 6.07) is 7.76. The Morgan fingerprint density at radius 3 is 2.52 bits per heavy atom. The molecule has 0 saturated carbocycles. The molecule has 2 heterocycles. The van der Waals surface area contributed by atoms with Gasteiger partial charge < -0.3 is 14.6 Å². The van der Waals surface area contributed by atoms with Crippen LogP contribution < -0.4 is 5.32 Å². The van der Waals surface area contributed by atoms with E-state index in [1.807, 2.05) is 31.3 Å². The number of rotatable bonds is 4. The Morgan fingerprint density at radius 1 is 1.20 bits per heavy atom. The zero-order valence-corrected chi connectivity index (χ0v) is 16.1. The molecule has 1 aromatic heterocycles. The fraction of sp³-hybridized carbons (Fsp3) is 0.421. The first kappa shape index (κ1) is 18.4. The SMILES string of the molecule is CNCC(=Cc1ccnc2cc(Cl)ccc12)B1OC(C)(C)C(C)(C)O1. The molecule has 1 N–H and O–H groups in total. The van der Waals surface area contributed by atoms with Crippen LogP contribution in [0.1, 0.15) is 33.3 Å². The van der Waals surface area contributed by atoms with Gasteiger partial charge in [0.1, 0.15) is 0 Å². The molecule has 6 heteroatoms. The normalized spacial score (nSPS) is 19.6. The van der Waals surface area contributed by atoms with Crippen LogP contribution in [0.15, 0.2) is 35.9 Å². The Hall–Kier alpha value is -1.40. The summed E-state index contributed by atoms with van der Waals surface area (Å²) in [4.78, 5) is 4.41. The van der Waals surface area contributed by atoms with Crippen LogP contribution >= 0.6 is 11.6 Å². The van der Waals surface area contributed by atoms with E-state index in [-0.39, 0.29) is 18.3 Å². The zero-order valence-electron chi connectivity index (χ0n) is 15.4. The minimum atomic E-state index is -0.382. The number of halogens is 1. The van der Waals surface area contributed by atoms with Gasteiger partial charge in [0.25, 0.3) is 0 Å². The van der Waals surface area contributed by atoms with Crippen LogP contribution in [0.5, 0.6) is 0 Å². The first-order valence-electron chi connectivity index (χ1n) is 8.48. The molecule has 0 unspecified atom stereocenters. The van der Waals surface area contributed by atoms with E-state index in [1.54, 1.807) is 6.20 Å². The van der Waals surface area contributed by atoms with Crippen molar-refractivity contribution in [2.75, 3.05) is 13.6 Å². The van der Waals surface area contributed by atoms with Crippen LogP contribution in [0, 0.1) is 0 Å². The minimum Gasteiger partial charge on any atom is -0.400 e. The van der Waals surface area contributed by atoms with E-state index in [2.05, 4.69) is 44.1 Å². The highest BCUT2D eigenvalue weighted by molar-refractivity contribution is 6.56. The van der Waals surface area contributed by atoms with E-state index in [0.29, 0.717) is 11.6 Å². The summed E-state index contributed by atoms with van der Waals surface area (Å²) in [7, 11) is 1.54. The Labute approximate surface area is 154 Å². The molecule has 0 bridgehead atoms. The lowest BCUT2D eigenvalue weighted by Gasteiger charge is -2.32. The highest BCUT2D eigenvalue weighted by Gasteiger charge is 2.52. The van der Waals surface area contributed by atoms with Crippen LogP contribution in [0.2, 0.25) is 5.02 Å². The zero-order chi connectivity index (χ0) is 18.2. The average Bonchev–Trinajstić information content (AvgIpc) is 2.75. The molecule has 3 rings (SSSR count). The number of nitrogens with zero attached hydrogens (tertiary/aromatic N) is 1. The van der Waals surface area contributed by atoms with Gasteiger partial charge in [-0.3, -0.25) is 4.98 Å². The molecular weight excluding hydrogens is 334 g/mol. The number of likely N-dealkylation sites (N-methyl/N-ethyl adjacent to an activating group) is 1. The van der Waals surface area contributed by atoms with Gasteiger partial charge in [-0.05, 0) is 64.0 Å². The molecule has 0 radical (unpaired) electrons. The highest BCUT2D eigenvalue weighted by Crippen LogP contribution is 2.39. The summed E-state index contributed by atoms with van der Waals surface area (Å²) in [6.07, 6.45) is 3.92. The number of hydrogen-bond acceptors (Lipinski definition) is 4. The second-order valence-electron chi connectivity index (χ2n) is 7.40. The van der Waals surface area contributed by atoms with Crippen molar-refractivity contribution < 1.29 is 9.31 Å². The molecule has 1 saturated heterocycles. The van der Waals surface area contributed by atoms with Crippen LogP contribution in [0.3, 0.4) is 0 Å². The quantitative estimate of drug-likeness (QED) is 0.835. The van der Waals surface area contributed by atoms with Gasteiger partial charge in [-0.1, -0.05) is 23.7 Å². The van der Waals surface area contributed by atoms with Crippen molar-refractivity contribution in [2.24, 2.45) is 0 Å². The summed E-state index contributed by atoms with van der Waals surface area (Å²) in [5.41, 5.74) is 2.26. The average molecular weight is 359 g/mol. The van der Waals surface area contributed by atoms with Crippen molar-refractivity contribution in [1.82, 2.24) is 10.3 Å². The Bertz CT molecular complexity index is 804. The standard InChI is InChI=1S/C19H24BClN2O2/c1-18(2)19(3,4)25-20(24-18)14(12-22-5)10-13-8-9-23-17-11-15(21)6-7-16(13)17/h6-11,22H,12H2,1-5H3. The largest absolute Gasteiger partial charge is 0.491 e. The molecule has 2 aromatic rings. The molecule has 1 aliphatic heterocycles. The predicted octanol–water partition coefficient (Wildman–Crippen LogP) is 4.12. The summed E-state index contributed by atoms with van der Waals surface area (Å²) in [5.74, 6) is 0. The summed E-state index contributed by atoms with van der Waals surface area (Å²) < 4.78 is 12.4. The van der Waals surface area contributed by atoms with Crippen molar-refractivity contribution in [3.8, 4) is 0 Å². The van der Waals surface area contributed by atoms with Gasteiger partial charge in [0.05, 0.1) is 16.7 Å². The van der Waals surface area contributed by atoms with Crippen molar-refractivity contribution in [3.05, 3.63) is 46.5 Å². The molecule has 0 amide bonds. The molecule has 1 aliphatic rings. The van der Waals surface area contributed by atoms with E-state index in [4.69, 9.17) is 20.9 Å². The Balaban J connectivity index is 2.02. The number of nitrogens with one attached hydrogen (secondary N) is 1. The monoisotopic (exact) mass is 358 g/mol. The number of hydrogen-bond donors (Lipinski definition) is 1. The summed E-state index contributed by atoms with van der Waals surface area (Å²) in [6.45, 7) is 8.93. The number of fused-ring (bicyclic) bond motifs is 1. The molecule has 132 valence electrons. The molecule has 1 aromatic carbocycles. The van der Waals surface area contributed by atoms with Gasteiger partial charge in [-0.15, -0.1) is 0 Å². The topological polar surface area (TPSA) is 43.4 Å². The smallest absolute Gasteiger partial charge is 0.400 e. The third-order valence-corrected chi connectivity index (χ3v) is 5.25. The first-order valence-corrected chi connectivity index (χ1v) is 8.86. The molecule has 4 nitrogen and oxygen atoms in total. The molecule has 0 spiro atoms. The van der Waals surface area contributed by atoms with Crippen LogP contribution in [-0.4, -0.2) is 36.9 Å². The number of aromatic nitrogens is 1. The van der Waals surface area contributed by atoms with Gasteiger partial charge >= 0.3 is 7.12 Å². The van der Waals surface area contributed by atoms with Crippen molar-refractivity contribution in [2.45, 2.75) is 38.9 Å². The third kappa shape index (κ3) is 3.60. The lowest BCUT2D eigenvalue weighted by molar-refractivity contribution is 0.00578. The number of pyridine rings is 1. The maximum Gasteiger partial charge on any atom is 0.491 e. The van der Waals surface area contributed by atoms with Crippen molar-refractivity contribution in [3.63, 3.8) is 0 Å². The summed E-state index contributed by atoms with van der Waals surface area (Å²) in [5, 5.41) is 4.95. The van der Waals surface area contributed by atoms with Gasteiger partial charge in [-0.25, -0.2) is 0 Å². The lowest BCUT2D eigenvalue weighted by atomic mass is 9.76. The second kappa shape index (κ2) is 6.73. The van der Waals surface area contributed by atoms with Crippen LogP contribution in [-0.2, 0) is 9.31 Å². The minimum absolute atomic E-state index is 0.363. The lowest BCUT2D eigenvalue weighted by Crippen LogP contribution is -2.41. The van der Waals surface area contributed by atoms with Crippen LogP contribution in [0.4, 0.5) is 0 Å². The fourth-order valence-corrected chi connectivity index (χ4v) is 3.04. The van der Waals surface area contributed by atoms with E-state index in [0.717, 1.165) is 21.9 Å². The Morgan fingerprint density at radius 2 is 1.88 bits per heavy atom. The molecule has 0 aliphatic carbocycles. The van der Waals surface area contributed by atoms with E-state index in [1.165, 1.54) is 0 Å². The third-order valence-electron chi connectivity index (χ3n) is 5.02. The molecular formula is C19H24BClN2O2. The maximum absolute atomic E-state index is 6.21. The van der Waals surface area contributed by atoms with E-state index >= 15 is 0 Å². The predicted molar refractivity (Wildman–Crippen MR) is 105 cm³/mol. The maximum atomic E-state index is 6.21. The fourth-order valence-electron chi connectivity index (χ4n) is 2.87. The molecule has 0 atom stereocenters. The molecule has 1 fully saturated rings. The number of benzene rings is 1. The van der Waals surface area contributed by atoms with Gasteiger partial charge in [0.15, 0.2) is 0 Å². The van der Waals surface area contributed by atoms with Crippen LogP contribution in [0.25, 0.3) is 17.0 Å². The second-order valence-corrected chi connectivity index (χ2v) is 7.84. The van der Waals surface area contributed by atoms with E-state index < -0.39 is 0 Å². The Kier molecular flexibility index (Phi) is 4.95. The van der Waals surface area contributed by atoms with Gasteiger partial charge in [0.2, 0.25) is 0 Å². The van der Waals surface area contributed by atoms with Gasteiger partial charge in [0, 0.05) is 23.2 Å². The van der Waals surface area contributed by atoms with Gasteiger partial charge in [-0.2, -0.15) is 0 Å². The first-order chi connectivity index (χ1) is 11.7. The van der Waals surface area contributed by atoms with Crippen molar-refractivity contribution >= 4 is 35.7 Å². The highest BCUT2D eigenvalue weighted by atomic mass is 35.5. The van der Waals surface area contributed by atoms with E-state index in [9.17, 15) is 0 Å².